The number of rotatable bonds is 10. The average Bonchev–Trinajstić information content (AvgIpc) is 2.91. The zero-order valence-corrected chi connectivity index (χ0v) is 19.6. The number of benzene rings is 3. The molecule has 2 amide bonds. The van der Waals surface area contributed by atoms with E-state index in [1.807, 2.05) is 60.7 Å². The lowest BCUT2D eigenvalue weighted by Gasteiger charge is -2.18. The van der Waals surface area contributed by atoms with E-state index in [-0.39, 0.29) is 13.0 Å². The molecule has 0 heterocycles. The van der Waals surface area contributed by atoms with Crippen molar-refractivity contribution in [1.82, 2.24) is 5.32 Å². The van der Waals surface area contributed by atoms with Gasteiger partial charge in [-0.1, -0.05) is 60.7 Å². The number of nitrogens with one attached hydrogen (secondary N) is 2. The molecule has 186 valence electrons. The third-order valence-electron chi connectivity index (χ3n) is 5.01. The molecule has 0 aromatic heterocycles. The van der Waals surface area contributed by atoms with Gasteiger partial charge in [0.2, 0.25) is 0 Å². The first-order valence-electron chi connectivity index (χ1n) is 11.1. The maximum atomic E-state index is 12.7. The fourth-order valence-corrected chi connectivity index (χ4v) is 3.19. The van der Waals surface area contributed by atoms with E-state index in [0.717, 1.165) is 11.1 Å². The van der Waals surface area contributed by atoms with Crippen molar-refractivity contribution in [2.45, 2.75) is 19.1 Å². The average molecular weight is 491 g/mol. The van der Waals surface area contributed by atoms with Gasteiger partial charge < -0.3 is 24.8 Å². The minimum absolute atomic E-state index is 0.0386. The Hall–Kier alpha value is -4.66. The van der Waals surface area contributed by atoms with Crippen LogP contribution in [0.4, 0.5) is 10.5 Å². The van der Waals surface area contributed by atoms with E-state index in [9.17, 15) is 19.2 Å². The van der Waals surface area contributed by atoms with Gasteiger partial charge in [-0.2, -0.15) is 0 Å². The van der Waals surface area contributed by atoms with Gasteiger partial charge in [0.05, 0.1) is 12.7 Å². The number of anilines is 1. The van der Waals surface area contributed by atoms with Crippen LogP contribution in [0.5, 0.6) is 0 Å². The summed E-state index contributed by atoms with van der Waals surface area (Å²) in [5.41, 5.74) is 2.33. The summed E-state index contributed by atoms with van der Waals surface area (Å²) in [4.78, 5) is 48.9. The standard InChI is InChI=1S/C27H26N2O7/c1-34-25(31)21-12-14-22(15-13-21)28-24(30)18-35-26(32)23(16-19-8-4-2-5-9-19)29-27(33)36-17-20-10-6-3-7-11-20/h2-15,23H,16-18H2,1H3,(H,28,30)(H,29,33)/t23-/m0/s1. The van der Waals surface area contributed by atoms with E-state index in [0.29, 0.717) is 11.3 Å². The number of esters is 2. The van der Waals surface area contributed by atoms with Gasteiger partial charge in [-0.25, -0.2) is 14.4 Å². The minimum atomic E-state index is -1.07. The molecule has 0 bridgehead atoms. The summed E-state index contributed by atoms with van der Waals surface area (Å²) in [6.45, 7) is -0.527. The van der Waals surface area contributed by atoms with Crippen molar-refractivity contribution in [2.75, 3.05) is 19.0 Å². The topological polar surface area (TPSA) is 120 Å². The summed E-state index contributed by atoms with van der Waals surface area (Å²) < 4.78 is 15.0. The minimum Gasteiger partial charge on any atom is -0.465 e. The van der Waals surface area contributed by atoms with E-state index >= 15 is 0 Å². The lowest BCUT2D eigenvalue weighted by molar-refractivity contribution is -0.149. The van der Waals surface area contributed by atoms with E-state index < -0.39 is 36.6 Å². The molecule has 0 saturated heterocycles. The largest absolute Gasteiger partial charge is 0.465 e. The first kappa shape index (κ1) is 26.0. The van der Waals surface area contributed by atoms with Gasteiger partial charge in [0.1, 0.15) is 12.6 Å². The highest BCUT2D eigenvalue weighted by Gasteiger charge is 2.24. The molecule has 9 nitrogen and oxygen atoms in total. The molecule has 9 heteroatoms. The van der Waals surface area contributed by atoms with Crippen LogP contribution in [0.15, 0.2) is 84.9 Å². The predicted molar refractivity (Wildman–Crippen MR) is 131 cm³/mol. The second kappa shape index (κ2) is 13.3. The number of ether oxygens (including phenoxy) is 3. The summed E-state index contributed by atoms with van der Waals surface area (Å²) in [7, 11) is 1.27. The Morgan fingerprint density at radius 1 is 0.778 bits per heavy atom. The smallest absolute Gasteiger partial charge is 0.408 e. The maximum absolute atomic E-state index is 12.7. The van der Waals surface area contributed by atoms with Gasteiger partial charge in [-0.15, -0.1) is 0 Å². The molecule has 3 aromatic rings. The van der Waals surface area contributed by atoms with Crippen molar-refractivity contribution >= 4 is 29.6 Å². The summed E-state index contributed by atoms with van der Waals surface area (Å²) in [6.07, 6.45) is -0.636. The van der Waals surface area contributed by atoms with E-state index in [4.69, 9.17) is 9.47 Å². The molecule has 1 atom stereocenters. The highest BCUT2D eigenvalue weighted by atomic mass is 16.6. The summed E-state index contributed by atoms with van der Waals surface area (Å²) in [6, 6.07) is 23.2. The highest BCUT2D eigenvalue weighted by Crippen LogP contribution is 2.11. The number of carbonyl (C=O) groups excluding carboxylic acids is 4. The number of alkyl carbamates (subject to hydrolysis) is 1. The van der Waals surface area contributed by atoms with Crippen LogP contribution in [0.1, 0.15) is 21.5 Å². The third kappa shape index (κ3) is 8.28. The van der Waals surface area contributed by atoms with Crippen LogP contribution < -0.4 is 10.6 Å². The Morgan fingerprint density at radius 3 is 2.00 bits per heavy atom. The van der Waals surface area contributed by atoms with Crippen molar-refractivity contribution in [3.63, 3.8) is 0 Å². The summed E-state index contributed by atoms with van der Waals surface area (Å²) in [5.74, 6) is -1.87. The Morgan fingerprint density at radius 2 is 1.39 bits per heavy atom. The molecule has 0 fully saturated rings. The Labute approximate surface area is 208 Å². The van der Waals surface area contributed by atoms with Crippen LogP contribution >= 0.6 is 0 Å². The fourth-order valence-electron chi connectivity index (χ4n) is 3.19. The van der Waals surface area contributed by atoms with Crippen molar-refractivity contribution in [3.8, 4) is 0 Å². The quantitative estimate of drug-likeness (QED) is 0.330. The van der Waals surface area contributed by atoms with Gasteiger partial charge in [0.15, 0.2) is 6.61 Å². The molecule has 3 rings (SSSR count). The number of hydrogen-bond acceptors (Lipinski definition) is 7. The molecule has 0 spiro atoms. The van der Waals surface area contributed by atoms with Crippen molar-refractivity contribution in [1.29, 1.82) is 0 Å². The first-order valence-corrected chi connectivity index (χ1v) is 11.1. The third-order valence-corrected chi connectivity index (χ3v) is 5.01. The molecule has 36 heavy (non-hydrogen) atoms. The maximum Gasteiger partial charge on any atom is 0.408 e. The van der Waals surface area contributed by atoms with Gasteiger partial charge in [-0.05, 0) is 35.4 Å². The molecule has 0 radical (unpaired) electrons. The molecule has 0 unspecified atom stereocenters. The zero-order chi connectivity index (χ0) is 25.8. The normalized spacial score (nSPS) is 11.0. The molecule has 0 aliphatic rings. The number of hydrogen-bond donors (Lipinski definition) is 2. The van der Waals surface area contributed by atoms with Crippen LogP contribution in [-0.4, -0.2) is 43.7 Å². The molecule has 0 aliphatic carbocycles. The van der Waals surface area contributed by atoms with Crippen LogP contribution in [0, 0.1) is 0 Å². The van der Waals surface area contributed by atoms with Crippen molar-refractivity contribution < 1.29 is 33.4 Å². The van der Waals surface area contributed by atoms with Gasteiger partial charge in [0.25, 0.3) is 5.91 Å². The van der Waals surface area contributed by atoms with Gasteiger partial charge >= 0.3 is 18.0 Å². The number of amides is 2. The van der Waals surface area contributed by atoms with E-state index in [2.05, 4.69) is 15.4 Å². The lowest BCUT2D eigenvalue weighted by atomic mass is 10.1. The molecule has 3 aromatic carbocycles. The molecule has 0 saturated carbocycles. The lowest BCUT2D eigenvalue weighted by Crippen LogP contribution is -2.44. The predicted octanol–water partition coefficient (Wildman–Crippen LogP) is 3.49. The van der Waals surface area contributed by atoms with E-state index in [1.54, 1.807) is 0 Å². The number of carbonyl (C=O) groups is 4. The Bertz CT molecular complexity index is 1170. The molecule has 2 N–H and O–H groups in total. The number of methoxy groups -OCH3 is 1. The molecule has 0 aliphatic heterocycles. The second-order valence-electron chi connectivity index (χ2n) is 7.67. The SMILES string of the molecule is COC(=O)c1ccc(NC(=O)COC(=O)[C@H](Cc2ccccc2)NC(=O)OCc2ccccc2)cc1. The van der Waals surface area contributed by atoms with Gasteiger partial charge in [0, 0.05) is 12.1 Å². The van der Waals surface area contributed by atoms with Crippen molar-refractivity contribution in [2.24, 2.45) is 0 Å². The van der Waals surface area contributed by atoms with Crippen LogP contribution in [0.2, 0.25) is 0 Å². The first-order chi connectivity index (χ1) is 17.4. The Kier molecular flexibility index (Phi) is 9.58. The molecular formula is C27H26N2O7. The van der Waals surface area contributed by atoms with Crippen LogP contribution in [0.3, 0.4) is 0 Å². The second-order valence-corrected chi connectivity index (χ2v) is 7.67. The van der Waals surface area contributed by atoms with E-state index in [1.165, 1.54) is 31.4 Å². The monoisotopic (exact) mass is 490 g/mol. The van der Waals surface area contributed by atoms with Crippen molar-refractivity contribution in [3.05, 3.63) is 102 Å². The highest BCUT2D eigenvalue weighted by molar-refractivity contribution is 5.94. The van der Waals surface area contributed by atoms with Gasteiger partial charge in [-0.3, -0.25) is 4.79 Å². The summed E-state index contributed by atoms with van der Waals surface area (Å²) in [5, 5.41) is 5.09. The summed E-state index contributed by atoms with van der Waals surface area (Å²) >= 11 is 0. The zero-order valence-electron chi connectivity index (χ0n) is 19.6. The molecular weight excluding hydrogens is 464 g/mol. The van der Waals surface area contributed by atoms with Crippen LogP contribution in [0.25, 0.3) is 0 Å². The van der Waals surface area contributed by atoms with Crippen LogP contribution in [-0.2, 0) is 36.8 Å². The fraction of sp³-hybridized carbons (Fsp3) is 0.185. The Balaban J connectivity index is 1.55.